The summed E-state index contributed by atoms with van der Waals surface area (Å²) in [5, 5.41) is -0.167. The number of aryl methyl sites for hydroxylation is 2. The Morgan fingerprint density at radius 3 is 1.61 bits per heavy atom. The average molecular weight is 502 g/mol. The fourth-order valence-electron chi connectivity index (χ4n) is 4.72. The maximum atomic E-state index is 13.5. The van der Waals surface area contributed by atoms with Gasteiger partial charge in [0.25, 0.3) is 0 Å². The summed E-state index contributed by atoms with van der Waals surface area (Å²) in [6.07, 6.45) is 1.28. The highest BCUT2D eigenvalue weighted by Gasteiger charge is 2.87. The third-order valence-electron chi connectivity index (χ3n) is 6.10. The summed E-state index contributed by atoms with van der Waals surface area (Å²) in [4.78, 5) is 24.7. The molecule has 1 aromatic rings. The molecule has 1 heterocycles. The van der Waals surface area contributed by atoms with Gasteiger partial charge in [-0.25, -0.2) is 4.90 Å². The summed E-state index contributed by atoms with van der Waals surface area (Å²) >= 11 is 39.2. The molecule has 1 aliphatic heterocycles. The molecule has 4 rings (SSSR count). The molecule has 1 saturated heterocycles. The first-order valence-corrected chi connectivity index (χ1v) is 11.1. The van der Waals surface area contributed by atoms with Crippen LogP contribution in [0.2, 0.25) is 0 Å². The van der Waals surface area contributed by atoms with Crippen LogP contribution in [0.5, 0.6) is 0 Å². The van der Waals surface area contributed by atoms with Crippen molar-refractivity contribution >= 4 is 87.1 Å². The fourth-order valence-corrected chi connectivity index (χ4v) is 7.65. The number of fused-ring (bicyclic) bond motifs is 5. The van der Waals surface area contributed by atoms with Gasteiger partial charge in [0.1, 0.15) is 9.75 Å². The van der Waals surface area contributed by atoms with Crippen molar-refractivity contribution in [1.29, 1.82) is 0 Å². The highest BCUT2D eigenvalue weighted by atomic mass is 35.5. The minimum absolute atomic E-state index is 0.0837. The number of carbonyl (C=O) groups excluding carboxylic acids is 2. The van der Waals surface area contributed by atoms with Crippen molar-refractivity contribution in [3.63, 3.8) is 0 Å². The van der Waals surface area contributed by atoms with Gasteiger partial charge in [0.15, 0.2) is 4.33 Å². The Hall–Kier alpha value is -0.160. The van der Waals surface area contributed by atoms with E-state index in [2.05, 4.69) is 0 Å². The van der Waals surface area contributed by atoms with E-state index < -0.39 is 37.7 Å². The van der Waals surface area contributed by atoms with Crippen molar-refractivity contribution in [1.82, 2.24) is 0 Å². The summed E-state index contributed by atoms with van der Waals surface area (Å²) in [6, 6.07) is 5.67. The number of allylic oxidation sites excluding steroid dienone is 2. The molecule has 1 saturated carbocycles. The normalized spacial score (nSPS) is 35.9. The number of nitrogens with zero attached hydrogens (tertiary/aromatic N) is 1. The van der Waals surface area contributed by atoms with Crippen LogP contribution in [0.4, 0.5) is 5.69 Å². The number of alkyl halides is 4. The number of imide groups is 1. The van der Waals surface area contributed by atoms with Gasteiger partial charge in [-0.1, -0.05) is 78.5 Å². The van der Waals surface area contributed by atoms with E-state index in [0.29, 0.717) is 18.5 Å². The standard InChI is InChI=1S/C19H15Cl6NO2/c1-3-8-6-5-7-9(4-2)12(8)26-15(27)10-11(16(26)28)18(23)14(21)13(20)17(10,22)19(18,24)25/h5-7,10-11H,3-4H2,1-2H3/t10-,11-,17-,18-/m0/s1. The summed E-state index contributed by atoms with van der Waals surface area (Å²) in [7, 11) is 0. The van der Waals surface area contributed by atoms with E-state index in [9.17, 15) is 9.59 Å². The maximum Gasteiger partial charge on any atom is 0.240 e. The van der Waals surface area contributed by atoms with E-state index in [1.807, 2.05) is 32.0 Å². The molecule has 2 fully saturated rings. The lowest BCUT2D eigenvalue weighted by atomic mass is 9.84. The second kappa shape index (κ2) is 6.42. The number of benzene rings is 1. The number of anilines is 1. The zero-order chi connectivity index (χ0) is 20.8. The zero-order valence-corrected chi connectivity index (χ0v) is 19.4. The predicted octanol–water partition coefficient (Wildman–Crippen LogP) is 5.76. The quantitative estimate of drug-likeness (QED) is 0.390. The molecule has 0 radical (unpaired) electrons. The number of halogens is 6. The molecule has 0 aromatic heterocycles. The molecule has 2 amide bonds. The van der Waals surface area contributed by atoms with Gasteiger partial charge >= 0.3 is 0 Å². The Morgan fingerprint density at radius 1 is 0.857 bits per heavy atom. The Morgan fingerprint density at radius 2 is 1.25 bits per heavy atom. The van der Waals surface area contributed by atoms with Gasteiger partial charge in [0.2, 0.25) is 11.8 Å². The van der Waals surface area contributed by atoms with E-state index in [4.69, 9.17) is 69.6 Å². The monoisotopic (exact) mass is 499 g/mol. The van der Waals surface area contributed by atoms with Crippen molar-refractivity contribution in [3.8, 4) is 0 Å². The second-order valence-electron chi connectivity index (χ2n) is 7.23. The number of rotatable bonds is 3. The molecule has 1 aromatic carbocycles. The van der Waals surface area contributed by atoms with Crippen LogP contribution in [0.3, 0.4) is 0 Å². The van der Waals surface area contributed by atoms with E-state index in [-0.39, 0.29) is 10.1 Å². The molecule has 4 atom stereocenters. The fraction of sp³-hybridized carbons (Fsp3) is 0.474. The Balaban J connectivity index is 1.95. The van der Waals surface area contributed by atoms with Crippen molar-refractivity contribution in [2.45, 2.75) is 40.8 Å². The van der Waals surface area contributed by atoms with Gasteiger partial charge in [0.05, 0.1) is 27.6 Å². The first-order chi connectivity index (χ1) is 13.0. The highest BCUT2D eigenvalue weighted by molar-refractivity contribution is 6.67. The number of para-hydroxylation sites is 1. The third-order valence-corrected chi connectivity index (χ3v) is 10.4. The molecule has 3 nitrogen and oxygen atoms in total. The van der Waals surface area contributed by atoms with Crippen molar-refractivity contribution in [2.24, 2.45) is 11.8 Å². The first kappa shape index (κ1) is 21.1. The van der Waals surface area contributed by atoms with Gasteiger partial charge in [-0.2, -0.15) is 0 Å². The lowest BCUT2D eigenvalue weighted by molar-refractivity contribution is -0.123. The molecule has 2 aliphatic carbocycles. The molecule has 9 heteroatoms. The molecule has 28 heavy (non-hydrogen) atoms. The number of amides is 2. The zero-order valence-electron chi connectivity index (χ0n) is 14.8. The summed E-state index contributed by atoms with van der Waals surface area (Å²) in [5.74, 6) is -3.26. The van der Waals surface area contributed by atoms with Crippen LogP contribution >= 0.6 is 69.6 Å². The molecule has 0 N–H and O–H groups in total. The number of carbonyl (C=O) groups is 2. The lowest BCUT2D eigenvalue weighted by Crippen LogP contribution is -2.50. The van der Waals surface area contributed by atoms with Crippen LogP contribution in [0, 0.1) is 11.8 Å². The Labute approximate surface area is 192 Å². The summed E-state index contributed by atoms with van der Waals surface area (Å²) in [5.41, 5.74) is 2.31. The average Bonchev–Trinajstić information content (AvgIpc) is 3.05. The minimum Gasteiger partial charge on any atom is -0.274 e. The number of hydrogen-bond acceptors (Lipinski definition) is 2. The molecule has 3 aliphatic rings. The lowest BCUT2D eigenvalue weighted by Gasteiger charge is -2.35. The Kier molecular flexibility index (Phi) is 4.83. The van der Waals surface area contributed by atoms with Gasteiger partial charge in [0, 0.05) is 0 Å². The molecule has 0 spiro atoms. The highest BCUT2D eigenvalue weighted by Crippen LogP contribution is 2.77. The van der Waals surface area contributed by atoms with Crippen LogP contribution in [0.25, 0.3) is 0 Å². The topological polar surface area (TPSA) is 37.4 Å². The smallest absolute Gasteiger partial charge is 0.240 e. The van der Waals surface area contributed by atoms with Crippen LogP contribution in [0.15, 0.2) is 28.3 Å². The predicted molar refractivity (Wildman–Crippen MR) is 115 cm³/mol. The third kappa shape index (κ3) is 2.07. The van der Waals surface area contributed by atoms with Gasteiger partial charge < -0.3 is 0 Å². The largest absolute Gasteiger partial charge is 0.274 e. The van der Waals surface area contributed by atoms with Crippen molar-refractivity contribution < 1.29 is 9.59 Å². The first-order valence-electron chi connectivity index (χ1n) is 8.82. The van der Waals surface area contributed by atoms with Crippen molar-refractivity contribution in [2.75, 3.05) is 4.90 Å². The van der Waals surface area contributed by atoms with E-state index >= 15 is 0 Å². The van der Waals surface area contributed by atoms with Crippen molar-refractivity contribution in [3.05, 3.63) is 39.4 Å². The molecule has 0 unspecified atom stereocenters. The van der Waals surface area contributed by atoms with Crippen LogP contribution in [0.1, 0.15) is 25.0 Å². The van der Waals surface area contributed by atoms with Crippen LogP contribution in [-0.2, 0) is 22.4 Å². The van der Waals surface area contributed by atoms with E-state index in [1.54, 1.807) is 0 Å². The van der Waals surface area contributed by atoms with Gasteiger partial charge in [-0.05, 0) is 24.0 Å². The maximum absolute atomic E-state index is 13.5. The summed E-state index contributed by atoms with van der Waals surface area (Å²) in [6.45, 7) is 3.91. The van der Waals surface area contributed by atoms with Gasteiger partial charge in [-0.15, -0.1) is 23.2 Å². The second-order valence-corrected chi connectivity index (χ2v) is 10.5. The number of hydrogen-bond donors (Lipinski definition) is 0. The SMILES string of the molecule is CCc1cccc(CC)c1N1C(=O)[C@@H]2[C@@H](C1=O)[C@]1(Cl)C(Cl)=C(Cl)[C@]2(Cl)C1(Cl)Cl. The molecule has 150 valence electrons. The van der Waals surface area contributed by atoms with Crippen LogP contribution < -0.4 is 4.90 Å². The van der Waals surface area contributed by atoms with Crippen LogP contribution in [-0.4, -0.2) is 25.9 Å². The summed E-state index contributed by atoms with van der Waals surface area (Å²) < 4.78 is -1.91. The Bertz CT molecular complexity index is 891. The molecular weight excluding hydrogens is 487 g/mol. The minimum atomic E-state index is -1.91. The van der Waals surface area contributed by atoms with E-state index in [1.165, 1.54) is 4.90 Å². The van der Waals surface area contributed by atoms with Gasteiger partial charge in [-0.3, -0.25) is 9.59 Å². The molecule has 2 bridgehead atoms. The van der Waals surface area contributed by atoms with E-state index in [0.717, 1.165) is 11.1 Å². The molecular formula is C19H15Cl6NO2.